The number of amides is 1. The molecule has 0 radical (unpaired) electrons. The number of rotatable bonds is 4. The van der Waals surface area contributed by atoms with Crippen LogP contribution in [0.5, 0.6) is 0 Å². The first-order valence-electron chi connectivity index (χ1n) is 6.97. The molecule has 23 heavy (non-hydrogen) atoms. The van der Waals surface area contributed by atoms with Crippen LogP contribution in [0, 0.1) is 13.8 Å². The van der Waals surface area contributed by atoms with Crippen LogP contribution in [0.4, 0.5) is 0 Å². The largest absolute Gasteiger partial charge is 0.348 e. The third-order valence-electron chi connectivity index (χ3n) is 3.30. The Morgan fingerprint density at radius 2 is 1.96 bits per heavy atom. The van der Waals surface area contributed by atoms with Gasteiger partial charge in [-0.25, -0.2) is 0 Å². The van der Waals surface area contributed by atoms with E-state index in [2.05, 4.69) is 10.3 Å². The molecule has 1 aromatic heterocycles. The summed E-state index contributed by atoms with van der Waals surface area (Å²) in [5.41, 5.74) is 2.77. The third-order valence-corrected chi connectivity index (χ3v) is 4.04. The molecule has 2 aromatic rings. The molecular formula is C17H16Cl2N2O2. The smallest absolute Gasteiger partial charge is 0.253 e. The Kier molecular flexibility index (Phi) is 5.64. The van der Waals surface area contributed by atoms with Gasteiger partial charge in [-0.05, 0) is 49.2 Å². The van der Waals surface area contributed by atoms with Crippen molar-refractivity contribution in [2.24, 2.45) is 0 Å². The highest BCUT2D eigenvalue weighted by Crippen LogP contribution is 2.23. The molecule has 0 aliphatic heterocycles. The van der Waals surface area contributed by atoms with Gasteiger partial charge in [0.15, 0.2) is 0 Å². The fourth-order valence-electron chi connectivity index (χ4n) is 2.12. The number of halogens is 2. The second kappa shape index (κ2) is 7.49. The van der Waals surface area contributed by atoms with Crippen molar-refractivity contribution in [3.05, 3.63) is 73.1 Å². The number of hydrogen-bond donors (Lipinski definition) is 2. The van der Waals surface area contributed by atoms with Crippen LogP contribution in [-0.2, 0) is 11.3 Å². The summed E-state index contributed by atoms with van der Waals surface area (Å²) < 4.78 is 0. The maximum Gasteiger partial charge on any atom is 0.253 e. The lowest BCUT2D eigenvalue weighted by molar-refractivity contribution is -0.116. The van der Waals surface area contributed by atoms with Gasteiger partial charge in [0, 0.05) is 23.9 Å². The van der Waals surface area contributed by atoms with E-state index in [4.69, 9.17) is 23.2 Å². The van der Waals surface area contributed by atoms with Crippen molar-refractivity contribution in [3.8, 4) is 0 Å². The molecule has 1 amide bonds. The molecule has 6 heteroatoms. The molecule has 0 aliphatic rings. The van der Waals surface area contributed by atoms with Crippen LogP contribution in [0.2, 0.25) is 10.0 Å². The molecule has 120 valence electrons. The lowest BCUT2D eigenvalue weighted by atomic mass is 10.1. The number of H-pyrrole nitrogens is 1. The van der Waals surface area contributed by atoms with Crippen molar-refractivity contribution in [2.75, 3.05) is 0 Å². The number of pyridine rings is 1. The van der Waals surface area contributed by atoms with E-state index in [-0.39, 0.29) is 18.0 Å². The fourth-order valence-corrected chi connectivity index (χ4v) is 2.43. The predicted molar refractivity (Wildman–Crippen MR) is 93.9 cm³/mol. The standard InChI is InChI=1S/C17H16Cl2N2O2/c1-10-7-11(2)21-17(23)13(10)9-20-16(22)6-4-12-3-5-14(18)15(19)8-12/h3-8H,9H2,1-2H3,(H,20,22)(H,21,23)/b6-4+. The normalized spacial score (nSPS) is 11.0. The van der Waals surface area contributed by atoms with Gasteiger partial charge in [0.05, 0.1) is 10.0 Å². The number of nitrogens with one attached hydrogen (secondary N) is 2. The summed E-state index contributed by atoms with van der Waals surface area (Å²) in [6.07, 6.45) is 3.01. The summed E-state index contributed by atoms with van der Waals surface area (Å²) >= 11 is 11.7. The molecule has 0 saturated carbocycles. The Morgan fingerprint density at radius 1 is 1.22 bits per heavy atom. The highest BCUT2D eigenvalue weighted by atomic mass is 35.5. The minimum absolute atomic E-state index is 0.173. The molecule has 0 spiro atoms. The first kappa shape index (κ1) is 17.3. The Bertz CT molecular complexity index is 826. The van der Waals surface area contributed by atoms with Gasteiger partial charge >= 0.3 is 0 Å². The maximum atomic E-state index is 11.9. The molecule has 0 unspecified atom stereocenters. The van der Waals surface area contributed by atoms with Gasteiger partial charge in [0.25, 0.3) is 5.56 Å². The van der Waals surface area contributed by atoms with Gasteiger partial charge in [-0.2, -0.15) is 0 Å². The van der Waals surface area contributed by atoms with Crippen LogP contribution < -0.4 is 10.9 Å². The van der Waals surface area contributed by atoms with Crippen LogP contribution >= 0.6 is 23.2 Å². The second-order valence-corrected chi connectivity index (χ2v) is 5.98. The molecule has 0 saturated heterocycles. The number of aryl methyl sites for hydroxylation is 2. The molecule has 2 N–H and O–H groups in total. The molecule has 2 rings (SSSR count). The van der Waals surface area contributed by atoms with Gasteiger partial charge < -0.3 is 10.3 Å². The van der Waals surface area contributed by atoms with Crippen LogP contribution in [0.25, 0.3) is 6.08 Å². The molecule has 0 fully saturated rings. The zero-order chi connectivity index (χ0) is 17.0. The van der Waals surface area contributed by atoms with E-state index in [1.807, 2.05) is 19.9 Å². The maximum absolute atomic E-state index is 11.9. The monoisotopic (exact) mass is 350 g/mol. The van der Waals surface area contributed by atoms with Crippen molar-refractivity contribution in [1.82, 2.24) is 10.3 Å². The summed E-state index contributed by atoms with van der Waals surface area (Å²) in [6.45, 7) is 3.83. The SMILES string of the molecule is Cc1cc(C)c(CNC(=O)/C=C/c2ccc(Cl)c(Cl)c2)c(=O)[nH]1. The molecular weight excluding hydrogens is 335 g/mol. The third kappa shape index (κ3) is 4.71. The van der Waals surface area contributed by atoms with E-state index in [0.717, 1.165) is 16.8 Å². The predicted octanol–water partition coefficient (Wildman–Crippen LogP) is 3.63. The van der Waals surface area contributed by atoms with E-state index in [9.17, 15) is 9.59 Å². The Balaban J connectivity index is 2.01. The van der Waals surface area contributed by atoms with E-state index in [1.165, 1.54) is 6.08 Å². The van der Waals surface area contributed by atoms with Gasteiger partial charge in [-0.3, -0.25) is 9.59 Å². The topological polar surface area (TPSA) is 62.0 Å². The number of aromatic amines is 1. The van der Waals surface area contributed by atoms with Crippen molar-refractivity contribution in [1.29, 1.82) is 0 Å². The summed E-state index contributed by atoms with van der Waals surface area (Å²) in [4.78, 5) is 26.5. The van der Waals surface area contributed by atoms with Gasteiger partial charge in [-0.15, -0.1) is 0 Å². The summed E-state index contributed by atoms with van der Waals surface area (Å²) in [5.74, 6) is -0.296. The van der Waals surface area contributed by atoms with E-state index >= 15 is 0 Å². The minimum atomic E-state index is -0.296. The molecule has 0 atom stereocenters. The Hall–Kier alpha value is -2.04. The first-order chi connectivity index (χ1) is 10.9. The van der Waals surface area contributed by atoms with Crippen LogP contribution in [0.1, 0.15) is 22.4 Å². The molecule has 1 heterocycles. The average Bonchev–Trinajstić information content (AvgIpc) is 2.47. The number of carbonyl (C=O) groups excluding carboxylic acids is 1. The van der Waals surface area contributed by atoms with Crippen LogP contribution in [0.15, 0.2) is 35.1 Å². The second-order valence-electron chi connectivity index (χ2n) is 5.17. The summed E-state index contributed by atoms with van der Waals surface area (Å²) in [7, 11) is 0. The van der Waals surface area contributed by atoms with E-state index < -0.39 is 0 Å². The first-order valence-corrected chi connectivity index (χ1v) is 7.73. The van der Waals surface area contributed by atoms with Crippen LogP contribution in [-0.4, -0.2) is 10.9 Å². The van der Waals surface area contributed by atoms with Crippen molar-refractivity contribution in [3.63, 3.8) is 0 Å². The fraction of sp³-hybridized carbons (Fsp3) is 0.176. The highest BCUT2D eigenvalue weighted by Gasteiger charge is 2.06. The molecule has 0 aliphatic carbocycles. The zero-order valence-corrected chi connectivity index (χ0v) is 14.3. The summed E-state index contributed by atoms with van der Waals surface area (Å²) in [6, 6.07) is 6.96. The Labute approximate surface area is 144 Å². The highest BCUT2D eigenvalue weighted by molar-refractivity contribution is 6.42. The van der Waals surface area contributed by atoms with E-state index in [1.54, 1.807) is 24.3 Å². The number of aromatic nitrogens is 1. The van der Waals surface area contributed by atoms with Crippen molar-refractivity contribution < 1.29 is 4.79 Å². The Morgan fingerprint density at radius 3 is 2.61 bits per heavy atom. The lowest BCUT2D eigenvalue weighted by Crippen LogP contribution is -2.26. The minimum Gasteiger partial charge on any atom is -0.348 e. The van der Waals surface area contributed by atoms with Gasteiger partial charge in [-0.1, -0.05) is 29.3 Å². The van der Waals surface area contributed by atoms with Gasteiger partial charge in [0.2, 0.25) is 5.91 Å². The quantitative estimate of drug-likeness (QED) is 0.827. The summed E-state index contributed by atoms with van der Waals surface area (Å²) in [5, 5.41) is 3.58. The van der Waals surface area contributed by atoms with Crippen molar-refractivity contribution >= 4 is 35.2 Å². The zero-order valence-electron chi connectivity index (χ0n) is 12.7. The van der Waals surface area contributed by atoms with Gasteiger partial charge in [0.1, 0.15) is 0 Å². The number of carbonyl (C=O) groups is 1. The van der Waals surface area contributed by atoms with Crippen molar-refractivity contribution in [2.45, 2.75) is 20.4 Å². The lowest BCUT2D eigenvalue weighted by Gasteiger charge is -2.06. The molecule has 0 bridgehead atoms. The number of hydrogen-bond acceptors (Lipinski definition) is 2. The average molecular weight is 351 g/mol. The molecule has 1 aromatic carbocycles. The van der Waals surface area contributed by atoms with E-state index in [0.29, 0.717) is 15.6 Å². The van der Waals surface area contributed by atoms with Crippen LogP contribution in [0.3, 0.4) is 0 Å². The molecule has 4 nitrogen and oxygen atoms in total. The number of benzene rings is 1.